The largest absolute Gasteiger partial charge is 0.492 e. The lowest BCUT2D eigenvalue weighted by Crippen LogP contribution is -2.18. The van der Waals surface area contributed by atoms with Gasteiger partial charge in [0, 0.05) is 19.2 Å². The Kier molecular flexibility index (Phi) is 6.10. The Bertz CT molecular complexity index is 384. The molecule has 0 fully saturated rings. The molecule has 1 unspecified atom stereocenters. The second-order valence-electron chi connectivity index (χ2n) is 3.72. The zero-order chi connectivity index (χ0) is 13.4. The van der Waals surface area contributed by atoms with Crippen LogP contribution in [0.5, 0.6) is 5.75 Å². The van der Waals surface area contributed by atoms with Gasteiger partial charge in [0.25, 0.3) is 0 Å². The predicted octanol–water partition coefficient (Wildman–Crippen LogP) is 0.347. The third-order valence-corrected chi connectivity index (χ3v) is 2.23. The van der Waals surface area contributed by atoms with Gasteiger partial charge < -0.3 is 20.3 Å². The number of aliphatic hydroxyl groups excluding tert-OH is 1. The number of primary amides is 1. The van der Waals surface area contributed by atoms with Crippen molar-refractivity contribution in [2.75, 3.05) is 19.8 Å². The van der Waals surface area contributed by atoms with Crippen LogP contribution in [0.2, 0.25) is 0 Å². The number of hydrogen-bond acceptors (Lipinski definition) is 5. The Morgan fingerprint density at radius 3 is 3.00 bits per heavy atom. The van der Waals surface area contributed by atoms with Crippen LogP contribution >= 0.6 is 0 Å². The van der Waals surface area contributed by atoms with Gasteiger partial charge in [-0.05, 0) is 13.0 Å². The third-order valence-electron chi connectivity index (χ3n) is 2.23. The monoisotopic (exact) mass is 254 g/mol. The molecule has 1 aromatic rings. The van der Waals surface area contributed by atoms with E-state index < -0.39 is 12.0 Å². The number of pyridine rings is 1. The molecule has 1 amide bonds. The number of rotatable bonds is 8. The summed E-state index contributed by atoms with van der Waals surface area (Å²) in [5.41, 5.74) is 5.42. The molecule has 100 valence electrons. The maximum absolute atomic E-state index is 10.9. The number of ether oxygens (including phenoxy) is 2. The molecule has 0 aliphatic heterocycles. The van der Waals surface area contributed by atoms with Crippen molar-refractivity contribution in [2.45, 2.75) is 19.4 Å². The van der Waals surface area contributed by atoms with E-state index in [9.17, 15) is 9.90 Å². The van der Waals surface area contributed by atoms with Crippen LogP contribution in [-0.4, -0.2) is 41.9 Å². The standard InChI is InChI=1S/C12H18N2O4/c1-2-17-8-10(15)3-4-18-11-5-9(12(13)16)6-14-7-11/h5-7,10,15H,2-4,8H2,1H3,(H2,13,16). The fourth-order valence-corrected chi connectivity index (χ4v) is 1.28. The fraction of sp³-hybridized carbons (Fsp3) is 0.500. The highest BCUT2D eigenvalue weighted by molar-refractivity contribution is 5.92. The molecule has 0 saturated heterocycles. The van der Waals surface area contributed by atoms with E-state index in [2.05, 4.69) is 4.98 Å². The summed E-state index contributed by atoms with van der Waals surface area (Å²) < 4.78 is 10.4. The lowest BCUT2D eigenvalue weighted by atomic mass is 10.2. The van der Waals surface area contributed by atoms with Crippen molar-refractivity contribution in [1.82, 2.24) is 4.98 Å². The van der Waals surface area contributed by atoms with Crippen molar-refractivity contribution >= 4 is 5.91 Å². The van der Waals surface area contributed by atoms with Gasteiger partial charge in [0.05, 0.1) is 31.1 Å². The zero-order valence-corrected chi connectivity index (χ0v) is 10.3. The number of nitrogens with two attached hydrogens (primary N) is 1. The quantitative estimate of drug-likeness (QED) is 0.698. The van der Waals surface area contributed by atoms with Gasteiger partial charge in [0.15, 0.2) is 0 Å². The van der Waals surface area contributed by atoms with Gasteiger partial charge in [-0.3, -0.25) is 9.78 Å². The van der Waals surface area contributed by atoms with Crippen LogP contribution in [0, 0.1) is 0 Å². The van der Waals surface area contributed by atoms with Gasteiger partial charge in [-0.2, -0.15) is 0 Å². The number of aliphatic hydroxyl groups is 1. The first-order chi connectivity index (χ1) is 8.63. The minimum Gasteiger partial charge on any atom is -0.492 e. The van der Waals surface area contributed by atoms with Gasteiger partial charge in [-0.25, -0.2) is 0 Å². The lowest BCUT2D eigenvalue weighted by molar-refractivity contribution is 0.0310. The highest BCUT2D eigenvalue weighted by Gasteiger charge is 2.06. The van der Waals surface area contributed by atoms with E-state index in [1.54, 1.807) is 0 Å². The second-order valence-corrected chi connectivity index (χ2v) is 3.72. The van der Waals surface area contributed by atoms with E-state index in [4.69, 9.17) is 15.2 Å². The summed E-state index contributed by atoms with van der Waals surface area (Å²) in [6, 6.07) is 1.52. The lowest BCUT2D eigenvalue weighted by Gasteiger charge is -2.11. The smallest absolute Gasteiger partial charge is 0.250 e. The SMILES string of the molecule is CCOCC(O)CCOc1cncc(C(N)=O)c1. The fourth-order valence-electron chi connectivity index (χ4n) is 1.28. The molecular formula is C12H18N2O4. The summed E-state index contributed by atoms with van der Waals surface area (Å²) in [4.78, 5) is 14.8. The van der Waals surface area contributed by atoms with Crippen molar-refractivity contribution in [1.29, 1.82) is 0 Å². The van der Waals surface area contributed by atoms with Crippen molar-refractivity contribution in [3.63, 3.8) is 0 Å². The molecule has 6 nitrogen and oxygen atoms in total. The molecule has 1 aromatic heterocycles. The molecule has 3 N–H and O–H groups in total. The van der Waals surface area contributed by atoms with E-state index in [1.807, 2.05) is 6.92 Å². The number of nitrogens with zero attached hydrogens (tertiary/aromatic N) is 1. The van der Waals surface area contributed by atoms with Crippen molar-refractivity contribution < 1.29 is 19.4 Å². The molecule has 0 aliphatic carbocycles. The molecule has 6 heteroatoms. The molecule has 18 heavy (non-hydrogen) atoms. The molecule has 0 aromatic carbocycles. The highest BCUT2D eigenvalue weighted by atomic mass is 16.5. The Labute approximate surface area is 106 Å². The van der Waals surface area contributed by atoms with E-state index in [0.717, 1.165) is 0 Å². The Morgan fingerprint density at radius 2 is 2.33 bits per heavy atom. The number of carbonyl (C=O) groups is 1. The first kappa shape index (κ1) is 14.4. The van der Waals surface area contributed by atoms with Gasteiger partial charge >= 0.3 is 0 Å². The summed E-state index contributed by atoms with van der Waals surface area (Å²) in [6.07, 6.45) is 2.75. The third kappa shape index (κ3) is 5.11. The molecule has 1 rings (SSSR count). The minimum absolute atomic E-state index is 0.291. The van der Waals surface area contributed by atoms with Crippen molar-refractivity contribution in [3.8, 4) is 5.75 Å². The molecule has 0 spiro atoms. The molecular weight excluding hydrogens is 236 g/mol. The molecule has 0 saturated carbocycles. The summed E-state index contributed by atoms with van der Waals surface area (Å²) in [6.45, 7) is 3.05. The van der Waals surface area contributed by atoms with E-state index in [0.29, 0.717) is 37.6 Å². The van der Waals surface area contributed by atoms with Crippen LogP contribution in [0.15, 0.2) is 18.5 Å². The summed E-state index contributed by atoms with van der Waals surface area (Å²) >= 11 is 0. The predicted molar refractivity (Wildman–Crippen MR) is 65.4 cm³/mol. The molecule has 0 bridgehead atoms. The Hall–Kier alpha value is -1.66. The Balaban J connectivity index is 2.35. The van der Waals surface area contributed by atoms with Gasteiger partial charge in [-0.15, -0.1) is 0 Å². The van der Waals surface area contributed by atoms with Crippen LogP contribution < -0.4 is 10.5 Å². The summed E-state index contributed by atoms with van der Waals surface area (Å²) in [5.74, 6) is -0.0979. The van der Waals surface area contributed by atoms with Crippen molar-refractivity contribution in [3.05, 3.63) is 24.0 Å². The average Bonchev–Trinajstić information content (AvgIpc) is 2.36. The van der Waals surface area contributed by atoms with Crippen LogP contribution in [0.1, 0.15) is 23.7 Å². The van der Waals surface area contributed by atoms with Gasteiger partial charge in [-0.1, -0.05) is 0 Å². The molecule has 0 aliphatic rings. The second kappa shape index (κ2) is 7.62. The minimum atomic E-state index is -0.558. The van der Waals surface area contributed by atoms with Gasteiger partial charge in [0.1, 0.15) is 5.75 Å². The normalized spacial score (nSPS) is 12.1. The first-order valence-electron chi connectivity index (χ1n) is 5.77. The summed E-state index contributed by atoms with van der Waals surface area (Å²) in [5, 5.41) is 9.51. The molecule has 1 atom stereocenters. The molecule has 0 radical (unpaired) electrons. The number of hydrogen-bond donors (Lipinski definition) is 2. The zero-order valence-electron chi connectivity index (χ0n) is 10.3. The van der Waals surface area contributed by atoms with Gasteiger partial charge in [0.2, 0.25) is 5.91 Å². The number of aromatic nitrogens is 1. The van der Waals surface area contributed by atoms with Crippen LogP contribution in [0.3, 0.4) is 0 Å². The molecule has 1 heterocycles. The number of amides is 1. The van der Waals surface area contributed by atoms with Crippen LogP contribution in [0.25, 0.3) is 0 Å². The van der Waals surface area contributed by atoms with E-state index >= 15 is 0 Å². The Morgan fingerprint density at radius 1 is 1.56 bits per heavy atom. The number of carbonyl (C=O) groups excluding carboxylic acids is 1. The maximum Gasteiger partial charge on any atom is 0.250 e. The van der Waals surface area contributed by atoms with Crippen LogP contribution in [-0.2, 0) is 4.74 Å². The summed E-state index contributed by atoms with van der Waals surface area (Å²) in [7, 11) is 0. The first-order valence-corrected chi connectivity index (χ1v) is 5.77. The topological polar surface area (TPSA) is 94.7 Å². The van der Waals surface area contributed by atoms with E-state index in [-0.39, 0.29) is 0 Å². The van der Waals surface area contributed by atoms with Crippen LogP contribution in [0.4, 0.5) is 0 Å². The maximum atomic E-state index is 10.9. The average molecular weight is 254 g/mol. The highest BCUT2D eigenvalue weighted by Crippen LogP contribution is 2.11. The van der Waals surface area contributed by atoms with Crippen molar-refractivity contribution in [2.24, 2.45) is 5.73 Å². The van der Waals surface area contributed by atoms with E-state index in [1.165, 1.54) is 18.5 Å².